The maximum Gasteiger partial charge on any atom is 0.254 e. The third-order valence-corrected chi connectivity index (χ3v) is 6.50. The van der Waals surface area contributed by atoms with Gasteiger partial charge in [-0.3, -0.25) is 4.79 Å². The molecule has 2 saturated heterocycles. The molecule has 2 fully saturated rings. The van der Waals surface area contributed by atoms with Crippen molar-refractivity contribution in [2.24, 2.45) is 0 Å². The molecule has 0 N–H and O–H groups in total. The van der Waals surface area contributed by atoms with Crippen molar-refractivity contribution < 1.29 is 9.53 Å². The summed E-state index contributed by atoms with van der Waals surface area (Å²) in [5.41, 5.74) is 4.17. The molecule has 0 spiro atoms. The number of aryl methyl sites for hydroxylation is 2. The molecule has 0 saturated carbocycles. The van der Waals surface area contributed by atoms with Gasteiger partial charge in [-0.15, -0.1) is 0 Å². The first kappa shape index (κ1) is 17.7. The van der Waals surface area contributed by atoms with Gasteiger partial charge >= 0.3 is 0 Å². The maximum atomic E-state index is 13.3. The first-order valence-corrected chi connectivity index (χ1v) is 10.5. The molecular weight excluding hydrogens is 346 g/mol. The van der Waals surface area contributed by atoms with Gasteiger partial charge in [-0.1, -0.05) is 0 Å². The number of benzene rings is 1. The number of carbonyl (C=O) groups excluding carboxylic acids is 1. The lowest BCUT2D eigenvalue weighted by molar-refractivity contribution is 0.0442. The van der Waals surface area contributed by atoms with Gasteiger partial charge in [0.1, 0.15) is 0 Å². The number of ether oxygens (including phenoxy) is 1. The molecule has 2 atom stereocenters. The molecule has 0 radical (unpaired) electrons. The van der Waals surface area contributed by atoms with Crippen LogP contribution in [-0.4, -0.2) is 57.6 Å². The van der Waals surface area contributed by atoms with E-state index in [0.29, 0.717) is 18.2 Å². The van der Waals surface area contributed by atoms with E-state index in [9.17, 15) is 4.79 Å². The Morgan fingerprint density at radius 2 is 2.04 bits per heavy atom. The van der Waals surface area contributed by atoms with Crippen molar-refractivity contribution in [2.75, 3.05) is 24.7 Å². The third-order valence-electron chi connectivity index (χ3n) is 5.35. The fourth-order valence-electron chi connectivity index (χ4n) is 3.70. The summed E-state index contributed by atoms with van der Waals surface area (Å²) in [6, 6.07) is 5.99. The molecule has 1 aromatic carbocycles. The second-order valence-corrected chi connectivity index (χ2v) is 8.36. The van der Waals surface area contributed by atoms with Gasteiger partial charge in [0.2, 0.25) is 0 Å². The molecule has 26 heavy (non-hydrogen) atoms. The highest BCUT2D eigenvalue weighted by Crippen LogP contribution is 2.26. The first-order valence-electron chi connectivity index (χ1n) is 9.37. The molecule has 0 aliphatic carbocycles. The SMILES string of the molecule is Cc1nc2ccc(C(=O)N(CC3CCCO3)C3CCSC3)cc2nc1C. The summed E-state index contributed by atoms with van der Waals surface area (Å²) in [4.78, 5) is 24.6. The summed E-state index contributed by atoms with van der Waals surface area (Å²) in [6.07, 6.45) is 3.38. The highest BCUT2D eigenvalue weighted by molar-refractivity contribution is 7.99. The first-order chi connectivity index (χ1) is 12.6. The Kier molecular flexibility index (Phi) is 5.14. The molecule has 1 amide bonds. The van der Waals surface area contributed by atoms with E-state index in [0.717, 1.165) is 59.8 Å². The largest absolute Gasteiger partial charge is 0.376 e. The highest BCUT2D eigenvalue weighted by Gasteiger charge is 2.31. The second kappa shape index (κ2) is 7.53. The molecular formula is C20H25N3O2S. The molecule has 4 rings (SSSR count). The van der Waals surface area contributed by atoms with E-state index in [2.05, 4.69) is 9.97 Å². The second-order valence-electron chi connectivity index (χ2n) is 7.21. The fourth-order valence-corrected chi connectivity index (χ4v) is 4.93. The van der Waals surface area contributed by atoms with Crippen molar-refractivity contribution in [2.45, 2.75) is 45.3 Å². The molecule has 6 heteroatoms. The number of aromatic nitrogens is 2. The molecule has 5 nitrogen and oxygen atoms in total. The predicted octanol–water partition coefficient (Wildman–Crippen LogP) is 3.37. The van der Waals surface area contributed by atoms with Gasteiger partial charge in [0, 0.05) is 30.5 Å². The standard InChI is InChI=1S/C20H25N3O2S/c1-13-14(2)22-19-10-15(5-6-18(19)21-13)20(24)23(16-7-9-26-12-16)11-17-4-3-8-25-17/h5-6,10,16-17H,3-4,7-9,11-12H2,1-2H3. The third kappa shape index (κ3) is 3.58. The van der Waals surface area contributed by atoms with Crippen LogP contribution >= 0.6 is 11.8 Å². The van der Waals surface area contributed by atoms with Crippen molar-refractivity contribution in [1.29, 1.82) is 0 Å². The number of hydrogen-bond donors (Lipinski definition) is 0. The van der Waals surface area contributed by atoms with E-state index in [4.69, 9.17) is 4.74 Å². The molecule has 1 aromatic heterocycles. The van der Waals surface area contributed by atoms with Crippen LogP contribution in [0.25, 0.3) is 11.0 Å². The van der Waals surface area contributed by atoms with Crippen molar-refractivity contribution in [1.82, 2.24) is 14.9 Å². The van der Waals surface area contributed by atoms with E-state index < -0.39 is 0 Å². The van der Waals surface area contributed by atoms with Crippen LogP contribution in [0, 0.1) is 13.8 Å². The molecule has 2 aromatic rings. The Hall–Kier alpha value is -1.66. The molecule has 2 aliphatic heterocycles. The van der Waals surface area contributed by atoms with Crippen LogP contribution in [-0.2, 0) is 4.74 Å². The Labute approximate surface area is 158 Å². The van der Waals surface area contributed by atoms with Gasteiger partial charge in [0.15, 0.2) is 0 Å². The quantitative estimate of drug-likeness (QED) is 0.825. The van der Waals surface area contributed by atoms with Crippen LogP contribution in [0.2, 0.25) is 0 Å². The Morgan fingerprint density at radius 1 is 1.23 bits per heavy atom. The van der Waals surface area contributed by atoms with Crippen molar-refractivity contribution in [3.63, 3.8) is 0 Å². The minimum Gasteiger partial charge on any atom is -0.376 e. The number of carbonyl (C=O) groups is 1. The molecule has 2 aliphatic rings. The van der Waals surface area contributed by atoms with Crippen molar-refractivity contribution in [3.05, 3.63) is 35.2 Å². The summed E-state index contributed by atoms with van der Waals surface area (Å²) in [5.74, 6) is 2.24. The lowest BCUT2D eigenvalue weighted by Crippen LogP contribution is -2.44. The van der Waals surface area contributed by atoms with Gasteiger partial charge in [0.25, 0.3) is 5.91 Å². The zero-order chi connectivity index (χ0) is 18.1. The summed E-state index contributed by atoms with van der Waals surface area (Å²) in [5, 5.41) is 0. The smallest absolute Gasteiger partial charge is 0.254 e. The predicted molar refractivity (Wildman–Crippen MR) is 105 cm³/mol. The molecule has 0 bridgehead atoms. The topological polar surface area (TPSA) is 55.3 Å². The Balaban J connectivity index is 1.63. The van der Waals surface area contributed by atoms with Crippen molar-refractivity contribution in [3.8, 4) is 0 Å². The van der Waals surface area contributed by atoms with Crippen LogP contribution in [0.4, 0.5) is 0 Å². The number of amides is 1. The molecule has 3 heterocycles. The average Bonchev–Trinajstić information content (AvgIpc) is 3.33. The van der Waals surface area contributed by atoms with Crippen LogP contribution in [0.1, 0.15) is 41.0 Å². The van der Waals surface area contributed by atoms with Gasteiger partial charge in [0.05, 0.1) is 28.5 Å². The number of rotatable bonds is 4. The van der Waals surface area contributed by atoms with Gasteiger partial charge in [-0.05, 0) is 57.1 Å². The zero-order valence-corrected chi connectivity index (χ0v) is 16.2. The minimum atomic E-state index is 0.0925. The summed E-state index contributed by atoms with van der Waals surface area (Å²) >= 11 is 1.93. The number of fused-ring (bicyclic) bond motifs is 1. The van der Waals surface area contributed by atoms with E-state index in [-0.39, 0.29) is 12.0 Å². The lowest BCUT2D eigenvalue weighted by Gasteiger charge is -2.31. The zero-order valence-electron chi connectivity index (χ0n) is 15.4. The summed E-state index contributed by atoms with van der Waals surface area (Å²) in [6.45, 7) is 5.43. The molecule has 2 unspecified atom stereocenters. The minimum absolute atomic E-state index is 0.0925. The fraction of sp³-hybridized carbons (Fsp3) is 0.550. The van der Waals surface area contributed by atoms with Gasteiger partial charge in [-0.2, -0.15) is 11.8 Å². The Morgan fingerprint density at radius 3 is 2.73 bits per heavy atom. The van der Waals surface area contributed by atoms with Crippen LogP contribution in [0.3, 0.4) is 0 Å². The van der Waals surface area contributed by atoms with Gasteiger partial charge < -0.3 is 9.64 Å². The lowest BCUT2D eigenvalue weighted by atomic mass is 10.1. The van der Waals surface area contributed by atoms with E-state index in [1.54, 1.807) is 0 Å². The average molecular weight is 372 g/mol. The monoisotopic (exact) mass is 371 g/mol. The Bertz CT molecular complexity index is 814. The number of thioether (sulfide) groups is 1. The normalized spacial score (nSPS) is 22.8. The van der Waals surface area contributed by atoms with Crippen LogP contribution < -0.4 is 0 Å². The summed E-state index contributed by atoms with van der Waals surface area (Å²) in [7, 11) is 0. The summed E-state index contributed by atoms with van der Waals surface area (Å²) < 4.78 is 5.81. The maximum absolute atomic E-state index is 13.3. The van der Waals surface area contributed by atoms with E-state index >= 15 is 0 Å². The van der Waals surface area contributed by atoms with E-state index in [1.165, 1.54) is 0 Å². The van der Waals surface area contributed by atoms with Gasteiger partial charge in [-0.25, -0.2) is 9.97 Å². The number of hydrogen-bond acceptors (Lipinski definition) is 5. The molecule has 138 valence electrons. The van der Waals surface area contributed by atoms with Crippen LogP contribution in [0.5, 0.6) is 0 Å². The van der Waals surface area contributed by atoms with Crippen molar-refractivity contribution >= 4 is 28.7 Å². The number of nitrogens with zero attached hydrogens (tertiary/aromatic N) is 3. The highest BCUT2D eigenvalue weighted by atomic mass is 32.2. The van der Waals surface area contributed by atoms with Crippen LogP contribution in [0.15, 0.2) is 18.2 Å². The van der Waals surface area contributed by atoms with E-state index in [1.807, 2.05) is 48.7 Å².